The number of nitrogens with zero attached hydrogens (tertiary/aromatic N) is 3. The van der Waals surface area contributed by atoms with Crippen molar-refractivity contribution in [2.75, 3.05) is 42.9 Å². The predicted molar refractivity (Wildman–Crippen MR) is 100 cm³/mol. The number of hydrogen-bond acceptors (Lipinski definition) is 4. The molecule has 1 unspecified atom stereocenters. The van der Waals surface area contributed by atoms with Gasteiger partial charge >= 0.3 is 0 Å². The van der Waals surface area contributed by atoms with Crippen molar-refractivity contribution < 1.29 is 0 Å². The van der Waals surface area contributed by atoms with E-state index < -0.39 is 0 Å². The van der Waals surface area contributed by atoms with Gasteiger partial charge in [-0.05, 0) is 63.1 Å². The molecule has 2 N–H and O–H groups in total. The Morgan fingerprint density at radius 1 is 1.26 bits per heavy atom. The number of thiocarbonyl (C=S) groups is 1. The van der Waals surface area contributed by atoms with Crippen molar-refractivity contribution in [2.24, 2.45) is 0 Å². The van der Waals surface area contributed by atoms with E-state index in [0.29, 0.717) is 11.2 Å². The molecule has 1 aromatic heterocycles. The lowest BCUT2D eigenvalue weighted by molar-refractivity contribution is 0.267. The van der Waals surface area contributed by atoms with E-state index in [1.165, 1.54) is 32.2 Å². The lowest BCUT2D eigenvalue weighted by atomic mass is 10.2. The summed E-state index contributed by atoms with van der Waals surface area (Å²) in [6, 6.07) is 4.74. The van der Waals surface area contributed by atoms with Gasteiger partial charge in [0.15, 0.2) is 5.11 Å². The number of rotatable bonds is 5. The quantitative estimate of drug-likeness (QED) is 0.807. The Labute approximate surface area is 144 Å². The molecule has 23 heavy (non-hydrogen) atoms. The summed E-state index contributed by atoms with van der Waals surface area (Å²) in [5, 5.41) is 7.27. The van der Waals surface area contributed by atoms with Gasteiger partial charge in [0.1, 0.15) is 5.82 Å². The van der Waals surface area contributed by atoms with Crippen LogP contribution in [-0.2, 0) is 0 Å². The number of likely N-dealkylation sites (tertiary alicyclic amines) is 1. The molecule has 2 saturated heterocycles. The van der Waals surface area contributed by atoms with Gasteiger partial charge in [0.2, 0.25) is 0 Å². The highest BCUT2D eigenvalue weighted by Gasteiger charge is 2.22. The van der Waals surface area contributed by atoms with Crippen molar-refractivity contribution >= 4 is 28.8 Å². The van der Waals surface area contributed by atoms with Crippen LogP contribution in [0.2, 0.25) is 0 Å². The van der Waals surface area contributed by atoms with Gasteiger partial charge in [-0.3, -0.25) is 4.90 Å². The van der Waals surface area contributed by atoms with Gasteiger partial charge in [-0.1, -0.05) is 6.92 Å². The van der Waals surface area contributed by atoms with Crippen LogP contribution in [0.4, 0.5) is 11.5 Å². The first-order chi connectivity index (χ1) is 11.3. The molecular weight excluding hydrogens is 306 g/mol. The average molecular weight is 334 g/mol. The Morgan fingerprint density at radius 2 is 2.09 bits per heavy atom. The van der Waals surface area contributed by atoms with Crippen LogP contribution in [0.15, 0.2) is 18.3 Å². The summed E-state index contributed by atoms with van der Waals surface area (Å²) in [6.45, 7) is 7.71. The molecule has 2 fully saturated rings. The molecule has 6 heteroatoms. The topological polar surface area (TPSA) is 43.4 Å². The molecule has 0 radical (unpaired) electrons. The van der Waals surface area contributed by atoms with E-state index in [4.69, 9.17) is 12.2 Å². The van der Waals surface area contributed by atoms with Crippen LogP contribution in [0.5, 0.6) is 0 Å². The van der Waals surface area contributed by atoms with Gasteiger partial charge in [0.25, 0.3) is 0 Å². The monoisotopic (exact) mass is 333 g/mol. The molecule has 0 aromatic carbocycles. The van der Waals surface area contributed by atoms with Crippen LogP contribution in [-0.4, -0.2) is 53.8 Å². The van der Waals surface area contributed by atoms with Crippen molar-refractivity contribution in [3.05, 3.63) is 18.3 Å². The van der Waals surface area contributed by atoms with Crippen LogP contribution in [0.1, 0.15) is 32.6 Å². The molecule has 3 rings (SSSR count). The fourth-order valence-corrected chi connectivity index (χ4v) is 3.72. The molecule has 3 heterocycles. The van der Waals surface area contributed by atoms with E-state index in [1.54, 1.807) is 0 Å². The van der Waals surface area contributed by atoms with Crippen molar-refractivity contribution in [2.45, 2.75) is 38.6 Å². The van der Waals surface area contributed by atoms with Crippen molar-refractivity contribution in [1.29, 1.82) is 0 Å². The van der Waals surface area contributed by atoms with Crippen LogP contribution in [0.3, 0.4) is 0 Å². The molecule has 0 spiro atoms. The lowest BCUT2D eigenvalue weighted by Gasteiger charge is -2.23. The zero-order valence-electron chi connectivity index (χ0n) is 13.9. The van der Waals surface area contributed by atoms with Gasteiger partial charge in [0.05, 0.1) is 11.9 Å². The maximum absolute atomic E-state index is 5.41. The summed E-state index contributed by atoms with van der Waals surface area (Å²) < 4.78 is 0. The van der Waals surface area contributed by atoms with E-state index in [0.717, 1.165) is 37.7 Å². The first-order valence-electron chi connectivity index (χ1n) is 8.76. The molecule has 1 aromatic rings. The summed E-state index contributed by atoms with van der Waals surface area (Å²) >= 11 is 5.41. The van der Waals surface area contributed by atoms with E-state index in [2.05, 4.69) is 44.5 Å². The Bertz CT molecular complexity index is 512. The van der Waals surface area contributed by atoms with Crippen LogP contribution < -0.4 is 15.5 Å². The van der Waals surface area contributed by atoms with Crippen LogP contribution in [0.25, 0.3) is 0 Å². The first-order valence-corrected chi connectivity index (χ1v) is 9.17. The molecule has 2 aliphatic heterocycles. The van der Waals surface area contributed by atoms with Crippen LogP contribution >= 0.6 is 12.2 Å². The number of hydrogen-bond donors (Lipinski definition) is 2. The molecule has 2 aliphatic rings. The minimum atomic E-state index is 0.607. The smallest absolute Gasteiger partial charge is 0.170 e. The second-order valence-electron chi connectivity index (χ2n) is 6.36. The average Bonchev–Trinajstić information content (AvgIpc) is 3.25. The first kappa shape index (κ1) is 16.5. The predicted octanol–water partition coefficient (Wildman–Crippen LogP) is 2.45. The van der Waals surface area contributed by atoms with Crippen LogP contribution in [0, 0.1) is 0 Å². The standard InChI is InChI=1S/C17H27N5S/c1-2-21-11-5-6-15(21)13-19-17(23)20-14-7-8-16(18-12-14)22-9-3-4-10-22/h7-8,12,15H,2-6,9-11,13H2,1H3,(H2,19,20,23). The van der Waals surface area contributed by atoms with E-state index in [1.807, 2.05) is 6.20 Å². The third-order valence-electron chi connectivity index (χ3n) is 4.84. The molecule has 0 amide bonds. The fourth-order valence-electron chi connectivity index (χ4n) is 3.52. The molecule has 0 bridgehead atoms. The second kappa shape index (κ2) is 7.93. The summed E-state index contributed by atoms with van der Waals surface area (Å²) in [5.41, 5.74) is 0.948. The van der Waals surface area contributed by atoms with Crippen molar-refractivity contribution in [3.8, 4) is 0 Å². The van der Waals surface area contributed by atoms with Gasteiger partial charge in [-0.15, -0.1) is 0 Å². The SMILES string of the molecule is CCN1CCCC1CNC(=S)Nc1ccc(N2CCCC2)nc1. The third kappa shape index (κ3) is 4.32. The molecule has 5 nitrogen and oxygen atoms in total. The third-order valence-corrected chi connectivity index (χ3v) is 5.09. The number of likely N-dealkylation sites (N-methyl/N-ethyl adjacent to an activating group) is 1. The van der Waals surface area contributed by atoms with Gasteiger partial charge in [-0.25, -0.2) is 4.98 Å². The molecule has 0 aliphatic carbocycles. The van der Waals surface area contributed by atoms with E-state index >= 15 is 0 Å². The highest BCUT2D eigenvalue weighted by Crippen LogP contribution is 2.19. The summed E-state index contributed by atoms with van der Waals surface area (Å²) in [7, 11) is 0. The minimum absolute atomic E-state index is 0.607. The van der Waals surface area contributed by atoms with Gasteiger partial charge < -0.3 is 15.5 Å². The Hall–Kier alpha value is -1.40. The van der Waals surface area contributed by atoms with Crippen molar-refractivity contribution in [3.63, 3.8) is 0 Å². The molecular formula is C17H27N5S. The Balaban J connectivity index is 1.46. The summed E-state index contributed by atoms with van der Waals surface area (Å²) in [4.78, 5) is 9.39. The number of nitrogens with one attached hydrogen (secondary N) is 2. The zero-order chi connectivity index (χ0) is 16.1. The number of pyridine rings is 1. The number of anilines is 2. The minimum Gasteiger partial charge on any atom is -0.361 e. The zero-order valence-corrected chi connectivity index (χ0v) is 14.7. The van der Waals surface area contributed by atoms with E-state index in [-0.39, 0.29) is 0 Å². The highest BCUT2D eigenvalue weighted by molar-refractivity contribution is 7.80. The molecule has 126 valence electrons. The summed E-state index contributed by atoms with van der Waals surface area (Å²) in [6.07, 6.45) is 6.96. The lowest BCUT2D eigenvalue weighted by Crippen LogP contribution is -2.41. The normalized spacial score (nSPS) is 21.6. The largest absolute Gasteiger partial charge is 0.361 e. The van der Waals surface area contributed by atoms with Crippen molar-refractivity contribution in [1.82, 2.24) is 15.2 Å². The molecule has 0 saturated carbocycles. The van der Waals surface area contributed by atoms with Gasteiger partial charge in [-0.2, -0.15) is 0 Å². The Kier molecular flexibility index (Phi) is 5.67. The highest BCUT2D eigenvalue weighted by atomic mass is 32.1. The van der Waals surface area contributed by atoms with E-state index in [9.17, 15) is 0 Å². The Morgan fingerprint density at radius 3 is 2.78 bits per heavy atom. The maximum atomic E-state index is 5.41. The van der Waals surface area contributed by atoms with Gasteiger partial charge in [0, 0.05) is 25.7 Å². The second-order valence-corrected chi connectivity index (χ2v) is 6.77. The fraction of sp³-hybridized carbons (Fsp3) is 0.647. The maximum Gasteiger partial charge on any atom is 0.170 e. The summed E-state index contributed by atoms with van der Waals surface area (Å²) in [5.74, 6) is 1.07. The molecule has 1 atom stereocenters. The number of aromatic nitrogens is 1.